The van der Waals surface area contributed by atoms with E-state index >= 15 is 0 Å². The molecule has 1 amide bonds. The van der Waals surface area contributed by atoms with Gasteiger partial charge in [0.25, 0.3) is 5.56 Å². The van der Waals surface area contributed by atoms with Crippen LogP contribution < -0.4 is 5.56 Å². The molecule has 0 spiro atoms. The maximum Gasteiger partial charge on any atom is 0.262 e. The number of nitrogens with zero attached hydrogens (tertiary/aromatic N) is 5. The van der Waals surface area contributed by atoms with Crippen LogP contribution in [-0.2, 0) is 17.8 Å². The van der Waals surface area contributed by atoms with Crippen LogP contribution in [0.3, 0.4) is 0 Å². The molecule has 2 aromatic heterocycles. The Morgan fingerprint density at radius 1 is 1.15 bits per heavy atom. The molecular weight excluding hydrogens is 446 g/mol. The molecule has 1 aliphatic rings. The average Bonchev–Trinajstić information content (AvgIpc) is 3.30. The number of aromatic nitrogens is 4. The summed E-state index contributed by atoms with van der Waals surface area (Å²) >= 11 is 1.37. The predicted octanol–water partition coefficient (Wildman–Crippen LogP) is 4.47. The molecule has 176 valence electrons. The monoisotopic (exact) mass is 475 g/mol. The largest absolute Gasteiger partial charge is 0.338 e. The summed E-state index contributed by atoms with van der Waals surface area (Å²) in [5.74, 6) is 0.854. The highest BCUT2D eigenvalue weighted by Crippen LogP contribution is 2.34. The van der Waals surface area contributed by atoms with Gasteiger partial charge in [0.05, 0.1) is 22.7 Å². The second kappa shape index (κ2) is 9.62. The minimum absolute atomic E-state index is 0.0488. The molecule has 34 heavy (non-hydrogen) atoms. The van der Waals surface area contributed by atoms with Gasteiger partial charge in [-0.3, -0.25) is 18.6 Å². The fraction of sp³-hybridized carbons (Fsp3) is 0.385. The van der Waals surface area contributed by atoms with Gasteiger partial charge in [-0.05, 0) is 48.9 Å². The molecule has 0 bridgehead atoms. The van der Waals surface area contributed by atoms with Crippen molar-refractivity contribution in [2.45, 2.75) is 56.8 Å². The van der Waals surface area contributed by atoms with Crippen molar-refractivity contribution in [1.29, 1.82) is 0 Å². The molecule has 0 N–H and O–H groups in total. The molecule has 1 unspecified atom stereocenters. The Morgan fingerprint density at radius 2 is 1.94 bits per heavy atom. The Labute approximate surface area is 202 Å². The summed E-state index contributed by atoms with van der Waals surface area (Å²) in [6, 6.07) is 16.1. The number of para-hydroxylation sites is 1. The first kappa shape index (κ1) is 22.7. The molecule has 4 aromatic rings. The third-order valence-electron chi connectivity index (χ3n) is 6.74. The molecule has 7 nitrogen and oxygen atoms in total. The summed E-state index contributed by atoms with van der Waals surface area (Å²) in [4.78, 5) is 28.2. The second-order valence-corrected chi connectivity index (χ2v) is 9.79. The van der Waals surface area contributed by atoms with Gasteiger partial charge in [0.1, 0.15) is 0 Å². The topological polar surface area (TPSA) is 72.5 Å². The molecular formula is C26H29N5O2S. The summed E-state index contributed by atoms with van der Waals surface area (Å²) in [5.41, 5.74) is 3.32. The van der Waals surface area contributed by atoms with Crippen molar-refractivity contribution in [3.63, 3.8) is 0 Å². The first-order valence-corrected chi connectivity index (χ1v) is 12.9. The predicted molar refractivity (Wildman–Crippen MR) is 135 cm³/mol. The Kier molecular flexibility index (Phi) is 6.41. The van der Waals surface area contributed by atoms with Crippen LogP contribution in [0.15, 0.2) is 58.5 Å². The van der Waals surface area contributed by atoms with E-state index in [0.717, 1.165) is 37.6 Å². The van der Waals surface area contributed by atoms with E-state index in [1.807, 2.05) is 40.6 Å². The molecule has 1 aliphatic carbocycles. The Morgan fingerprint density at radius 3 is 2.79 bits per heavy atom. The number of carbonyl (C=O) groups is 1. The number of benzene rings is 2. The van der Waals surface area contributed by atoms with Crippen molar-refractivity contribution in [3.8, 4) is 0 Å². The minimum atomic E-state index is -0.0488. The van der Waals surface area contributed by atoms with Crippen molar-refractivity contribution in [2.75, 3.05) is 12.8 Å². The van der Waals surface area contributed by atoms with E-state index in [0.29, 0.717) is 22.9 Å². The summed E-state index contributed by atoms with van der Waals surface area (Å²) < 4.78 is 3.62. The zero-order valence-corrected chi connectivity index (χ0v) is 20.4. The molecule has 1 atom stereocenters. The number of aryl methyl sites for hydroxylation is 2. The van der Waals surface area contributed by atoms with Crippen molar-refractivity contribution in [1.82, 2.24) is 24.1 Å². The second-order valence-electron chi connectivity index (χ2n) is 8.85. The highest BCUT2D eigenvalue weighted by atomic mass is 32.2. The Balaban J connectivity index is 1.43. The number of thioether (sulfide) groups is 1. The molecule has 2 aromatic carbocycles. The minimum Gasteiger partial charge on any atom is -0.338 e. The fourth-order valence-corrected chi connectivity index (χ4v) is 5.74. The van der Waals surface area contributed by atoms with Crippen molar-refractivity contribution >= 4 is 34.3 Å². The lowest BCUT2D eigenvalue weighted by molar-refractivity contribution is -0.129. The lowest BCUT2D eigenvalue weighted by Gasteiger charge is -2.33. The highest BCUT2D eigenvalue weighted by molar-refractivity contribution is 7.99. The quantitative estimate of drug-likeness (QED) is 0.369. The third-order valence-corrected chi connectivity index (χ3v) is 7.65. The van der Waals surface area contributed by atoms with Gasteiger partial charge in [-0.1, -0.05) is 61.5 Å². The lowest BCUT2D eigenvalue weighted by Crippen LogP contribution is -2.34. The molecule has 0 saturated heterocycles. The van der Waals surface area contributed by atoms with Crippen LogP contribution in [0.4, 0.5) is 0 Å². The van der Waals surface area contributed by atoms with Crippen molar-refractivity contribution < 1.29 is 4.79 Å². The molecule has 5 rings (SSSR count). The number of fused-ring (bicyclic) bond motifs is 4. The summed E-state index contributed by atoms with van der Waals surface area (Å²) in [6.07, 6.45) is 5.00. The zero-order chi connectivity index (χ0) is 23.7. The maximum absolute atomic E-state index is 13.2. The number of hydrogen-bond donors (Lipinski definition) is 0. The number of hydrogen-bond acceptors (Lipinski definition) is 5. The van der Waals surface area contributed by atoms with E-state index in [4.69, 9.17) is 0 Å². The van der Waals surface area contributed by atoms with E-state index in [1.165, 1.54) is 22.9 Å². The molecule has 0 radical (unpaired) electrons. The summed E-state index contributed by atoms with van der Waals surface area (Å²) in [5, 5.41) is 10.00. The number of rotatable bonds is 7. The van der Waals surface area contributed by atoms with E-state index in [-0.39, 0.29) is 23.3 Å². The van der Waals surface area contributed by atoms with E-state index < -0.39 is 0 Å². The zero-order valence-electron chi connectivity index (χ0n) is 19.6. The Bertz CT molecular complexity index is 1410. The van der Waals surface area contributed by atoms with Crippen molar-refractivity contribution in [3.05, 3.63) is 70.0 Å². The lowest BCUT2D eigenvalue weighted by atomic mass is 9.87. The van der Waals surface area contributed by atoms with Gasteiger partial charge in [-0.25, -0.2) is 0 Å². The van der Waals surface area contributed by atoms with E-state index in [9.17, 15) is 9.59 Å². The average molecular weight is 476 g/mol. The molecule has 0 saturated carbocycles. The molecule has 8 heteroatoms. The summed E-state index contributed by atoms with van der Waals surface area (Å²) in [7, 11) is 1.90. The van der Waals surface area contributed by atoms with Gasteiger partial charge in [0.2, 0.25) is 11.7 Å². The van der Waals surface area contributed by atoms with Gasteiger partial charge < -0.3 is 4.90 Å². The van der Waals surface area contributed by atoms with Gasteiger partial charge in [-0.2, -0.15) is 0 Å². The third kappa shape index (κ3) is 4.00. The van der Waals surface area contributed by atoms with Crippen LogP contribution in [-0.4, -0.2) is 42.8 Å². The van der Waals surface area contributed by atoms with Crippen LogP contribution in [0.25, 0.3) is 16.7 Å². The summed E-state index contributed by atoms with van der Waals surface area (Å²) in [6.45, 7) is 2.69. The first-order chi connectivity index (χ1) is 16.6. The van der Waals surface area contributed by atoms with Crippen LogP contribution in [0.2, 0.25) is 0 Å². The molecule has 0 aliphatic heterocycles. The normalized spacial score (nSPS) is 15.5. The van der Waals surface area contributed by atoms with Crippen LogP contribution >= 0.6 is 11.8 Å². The molecule has 0 fully saturated rings. The number of carbonyl (C=O) groups excluding carboxylic acids is 1. The SMILES string of the molecule is CCCCn1c(=O)c2ccccc2n2c(SCC(=O)N(C)C3CCCc4ccccc43)nnc12. The van der Waals surface area contributed by atoms with E-state index in [1.54, 1.807) is 4.57 Å². The van der Waals surface area contributed by atoms with Gasteiger partial charge in [-0.15, -0.1) is 10.2 Å². The maximum atomic E-state index is 13.2. The van der Waals surface area contributed by atoms with Crippen LogP contribution in [0, 0.1) is 0 Å². The van der Waals surface area contributed by atoms with E-state index in [2.05, 4.69) is 41.4 Å². The number of unbranched alkanes of at least 4 members (excludes halogenated alkanes) is 1. The molecule has 2 heterocycles. The van der Waals surface area contributed by atoms with Crippen molar-refractivity contribution in [2.24, 2.45) is 0 Å². The standard InChI is InChI=1S/C26H29N5O2S/c1-3-4-16-30-24(33)20-13-7-8-14-22(20)31-25(30)27-28-26(31)34-17-23(32)29(2)21-15-9-11-18-10-5-6-12-19(18)21/h5-8,10,12-14,21H,3-4,9,11,15-17H2,1-2H3. The van der Waals surface area contributed by atoms with Gasteiger partial charge in [0, 0.05) is 13.6 Å². The van der Waals surface area contributed by atoms with Crippen LogP contribution in [0.5, 0.6) is 0 Å². The fourth-order valence-electron chi connectivity index (χ4n) is 4.88. The first-order valence-electron chi connectivity index (χ1n) is 11.9. The van der Waals surface area contributed by atoms with Gasteiger partial charge >= 0.3 is 0 Å². The smallest absolute Gasteiger partial charge is 0.262 e. The van der Waals surface area contributed by atoms with Gasteiger partial charge in [0.15, 0.2) is 5.16 Å². The highest BCUT2D eigenvalue weighted by Gasteiger charge is 2.27. The number of amides is 1. The van der Waals surface area contributed by atoms with Crippen LogP contribution in [0.1, 0.15) is 49.8 Å². The Hall–Kier alpha value is -3.13.